The van der Waals surface area contributed by atoms with E-state index in [1.54, 1.807) is 0 Å². The Hall–Kier alpha value is -0.140. The SMILES string of the molecule is CCCC(C)(CC)CCCC1CCC(C2CC(F)CC(F)C2)CC1. The van der Waals surface area contributed by atoms with Gasteiger partial charge >= 0.3 is 0 Å². The third-order valence-electron chi connectivity index (χ3n) is 7.29. The zero-order valence-corrected chi connectivity index (χ0v) is 16.3. The van der Waals surface area contributed by atoms with Crippen LogP contribution in [0.25, 0.3) is 0 Å². The molecule has 0 nitrogen and oxygen atoms in total. The summed E-state index contributed by atoms with van der Waals surface area (Å²) in [7, 11) is 0. The highest BCUT2D eigenvalue weighted by molar-refractivity contribution is 4.86. The third kappa shape index (κ3) is 5.99. The second kappa shape index (κ2) is 9.53. The van der Waals surface area contributed by atoms with Crippen LogP contribution >= 0.6 is 0 Å². The van der Waals surface area contributed by atoms with Crippen molar-refractivity contribution in [2.75, 3.05) is 0 Å². The Balaban J connectivity index is 1.67. The molecule has 3 unspecified atom stereocenters. The summed E-state index contributed by atoms with van der Waals surface area (Å²) in [6.07, 6.45) is 12.7. The Labute approximate surface area is 149 Å². The van der Waals surface area contributed by atoms with Gasteiger partial charge < -0.3 is 0 Å². The number of alkyl halides is 2. The van der Waals surface area contributed by atoms with Crippen LogP contribution in [0.2, 0.25) is 0 Å². The van der Waals surface area contributed by atoms with Crippen molar-refractivity contribution < 1.29 is 8.78 Å². The van der Waals surface area contributed by atoms with Crippen LogP contribution in [0.15, 0.2) is 0 Å². The second-order valence-electron chi connectivity index (χ2n) is 9.25. The maximum Gasteiger partial charge on any atom is 0.103 e. The molecule has 2 aliphatic rings. The van der Waals surface area contributed by atoms with Gasteiger partial charge in [0.25, 0.3) is 0 Å². The molecule has 2 fully saturated rings. The Morgan fingerprint density at radius 3 is 2.00 bits per heavy atom. The van der Waals surface area contributed by atoms with Crippen LogP contribution < -0.4 is 0 Å². The number of hydrogen-bond acceptors (Lipinski definition) is 0. The molecule has 0 radical (unpaired) electrons. The molecule has 24 heavy (non-hydrogen) atoms. The van der Waals surface area contributed by atoms with Crippen LogP contribution in [0, 0.1) is 23.2 Å². The Bertz CT molecular complexity index is 338. The normalized spacial score (nSPS) is 37.1. The average Bonchev–Trinajstić information content (AvgIpc) is 2.55. The van der Waals surface area contributed by atoms with E-state index >= 15 is 0 Å². The van der Waals surface area contributed by atoms with Crippen LogP contribution in [0.4, 0.5) is 8.78 Å². The summed E-state index contributed by atoms with van der Waals surface area (Å²) in [5, 5.41) is 0. The highest BCUT2D eigenvalue weighted by Gasteiger charge is 2.35. The van der Waals surface area contributed by atoms with E-state index in [1.165, 1.54) is 64.2 Å². The number of hydrogen-bond donors (Lipinski definition) is 0. The van der Waals surface area contributed by atoms with Gasteiger partial charge in [0.2, 0.25) is 0 Å². The van der Waals surface area contributed by atoms with Crippen LogP contribution in [0.3, 0.4) is 0 Å². The molecule has 2 aliphatic carbocycles. The van der Waals surface area contributed by atoms with Crippen LogP contribution in [-0.4, -0.2) is 12.3 Å². The minimum absolute atomic E-state index is 0.153. The first-order valence-electron chi connectivity index (χ1n) is 10.7. The maximum atomic E-state index is 13.7. The summed E-state index contributed by atoms with van der Waals surface area (Å²) < 4.78 is 27.3. The quantitative estimate of drug-likeness (QED) is 0.425. The van der Waals surface area contributed by atoms with Crippen molar-refractivity contribution in [3.63, 3.8) is 0 Å². The molecule has 0 amide bonds. The monoisotopic (exact) mass is 342 g/mol. The van der Waals surface area contributed by atoms with Gasteiger partial charge in [-0.25, -0.2) is 8.78 Å². The molecule has 2 rings (SSSR count). The summed E-state index contributed by atoms with van der Waals surface area (Å²) in [6.45, 7) is 7.09. The highest BCUT2D eigenvalue weighted by Crippen LogP contribution is 2.43. The zero-order valence-electron chi connectivity index (χ0n) is 16.3. The lowest BCUT2D eigenvalue weighted by molar-refractivity contribution is 0.0665. The van der Waals surface area contributed by atoms with Gasteiger partial charge in [0.1, 0.15) is 12.3 Å². The largest absolute Gasteiger partial charge is 0.247 e. The molecule has 0 spiro atoms. The standard InChI is InChI=1S/C22H40F2/c1-4-12-22(3,5-2)13-6-7-17-8-10-18(11-9-17)19-14-20(23)16-21(24)15-19/h17-21H,4-16H2,1-3H3. The van der Waals surface area contributed by atoms with E-state index in [2.05, 4.69) is 20.8 Å². The van der Waals surface area contributed by atoms with Gasteiger partial charge in [-0.3, -0.25) is 0 Å². The van der Waals surface area contributed by atoms with Crippen molar-refractivity contribution in [2.45, 2.75) is 117 Å². The van der Waals surface area contributed by atoms with E-state index in [0.717, 1.165) is 5.92 Å². The summed E-state index contributed by atoms with van der Waals surface area (Å²) in [5.41, 5.74) is 0.542. The molecule has 2 saturated carbocycles. The summed E-state index contributed by atoms with van der Waals surface area (Å²) in [5.74, 6) is 1.78. The van der Waals surface area contributed by atoms with Crippen molar-refractivity contribution in [2.24, 2.45) is 23.2 Å². The first kappa shape index (κ1) is 20.2. The van der Waals surface area contributed by atoms with Gasteiger partial charge in [-0.15, -0.1) is 0 Å². The molecule has 0 N–H and O–H groups in total. The summed E-state index contributed by atoms with van der Waals surface area (Å²) in [6, 6.07) is 0. The van der Waals surface area contributed by atoms with Crippen molar-refractivity contribution in [3.8, 4) is 0 Å². The molecule has 0 aromatic heterocycles. The van der Waals surface area contributed by atoms with Crippen molar-refractivity contribution in [3.05, 3.63) is 0 Å². The average molecular weight is 343 g/mol. The summed E-state index contributed by atoms with van der Waals surface area (Å²) >= 11 is 0. The van der Waals surface area contributed by atoms with Gasteiger partial charge in [0.15, 0.2) is 0 Å². The molecule has 0 aliphatic heterocycles. The first-order chi connectivity index (χ1) is 11.5. The molecule has 0 bridgehead atoms. The van der Waals surface area contributed by atoms with E-state index < -0.39 is 12.3 Å². The Morgan fingerprint density at radius 2 is 1.46 bits per heavy atom. The smallest absolute Gasteiger partial charge is 0.103 e. The van der Waals surface area contributed by atoms with Crippen molar-refractivity contribution >= 4 is 0 Å². The maximum absolute atomic E-state index is 13.7. The lowest BCUT2D eigenvalue weighted by atomic mass is 9.69. The lowest BCUT2D eigenvalue weighted by Gasteiger charge is -2.38. The van der Waals surface area contributed by atoms with E-state index in [1.807, 2.05) is 0 Å². The molecular formula is C22H40F2. The first-order valence-corrected chi connectivity index (χ1v) is 10.7. The van der Waals surface area contributed by atoms with Crippen LogP contribution in [0.1, 0.15) is 104 Å². The Kier molecular flexibility index (Phi) is 8.01. The third-order valence-corrected chi connectivity index (χ3v) is 7.29. The Morgan fingerprint density at radius 1 is 0.833 bits per heavy atom. The van der Waals surface area contributed by atoms with E-state index in [-0.39, 0.29) is 6.42 Å². The van der Waals surface area contributed by atoms with Crippen LogP contribution in [-0.2, 0) is 0 Å². The predicted octanol–water partition coefficient (Wildman–Crippen LogP) is 7.66. The fraction of sp³-hybridized carbons (Fsp3) is 1.00. The summed E-state index contributed by atoms with van der Waals surface area (Å²) in [4.78, 5) is 0. The van der Waals surface area contributed by atoms with Crippen molar-refractivity contribution in [1.29, 1.82) is 0 Å². The van der Waals surface area contributed by atoms with E-state index in [0.29, 0.717) is 30.1 Å². The van der Waals surface area contributed by atoms with Gasteiger partial charge in [0, 0.05) is 6.42 Å². The van der Waals surface area contributed by atoms with Gasteiger partial charge in [-0.2, -0.15) is 0 Å². The van der Waals surface area contributed by atoms with E-state index in [9.17, 15) is 8.78 Å². The number of halogens is 2. The molecule has 0 heterocycles. The number of rotatable bonds is 8. The fourth-order valence-corrected chi connectivity index (χ4v) is 5.46. The minimum Gasteiger partial charge on any atom is -0.247 e. The fourth-order valence-electron chi connectivity index (χ4n) is 5.46. The topological polar surface area (TPSA) is 0 Å². The minimum atomic E-state index is -0.887. The van der Waals surface area contributed by atoms with Gasteiger partial charge in [0.05, 0.1) is 0 Å². The second-order valence-corrected chi connectivity index (χ2v) is 9.25. The van der Waals surface area contributed by atoms with Gasteiger partial charge in [-0.1, -0.05) is 59.3 Å². The van der Waals surface area contributed by atoms with Gasteiger partial charge in [-0.05, 0) is 61.7 Å². The molecule has 142 valence electrons. The molecular weight excluding hydrogens is 302 g/mol. The molecule has 2 heteroatoms. The van der Waals surface area contributed by atoms with E-state index in [4.69, 9.17) is 0 Å². The molecule has 0 aromatic carbocycles. The predicted molar refractivity (Wildman–Crippen MR) is 99.7 cm³/mol. The molecule has 0 aromatic rings. The zero-order chi connectivity index (χ0) is 17.6. The molecule has 0 saturated heterocycles. The van der Waals surface area contributed by atoms with Crippen LogP contribution in [0.5, 0.6) is 0 Å². The molecule has 3 atom stereocenters. The lowest BCUT2D eigenvalue weighted by Crippen LogP contribution is -2.31. The van der Waals surface area contributed by atoms with Crippen molar-refractivity contribution in [1.82, 2.24) is 0 Å². The highest BCUT2D eigenvalue weighted by atomic mass is 19.1.